The topological polar surface area (TPSA) is 40.6 Å². The number of para-hydroxylation sites is 4. The van der Waals surface area contributed by atoms with E-state index in [-0.39, 0.29) is 0 Å². The van der Waals surface area contributed by atoms with Gasteiger partial charge in [0.25, 0.3) is 0 Å². The Kier molecular flexibility index (Phi) is 7.62. The number of nitrogens with zero attached hydrogens (tertiary/aromatic N) is 5. The fourth-order valence-corrected chi connectivity index (χ4v) is 10.7. The van der Waals surface area contributed by atoms with Gasteiger partial charge in [0.15, 0.2) is 0 Å². The van der Waals surface area contributed by atoms with Crippen LogP contribution in [0.15, 0.2) is 224 Å². The van der Waals surface area contributed by atoms with Crippen molar-refractivity contribution in [2.45, 2.75) is 0 Å². The number of rotatable bonds is 5. The second kappa shape index (κ2) is 13.9. The minimum absolute atomic E-state index is 0.631. The third kappa shape index (κ3) is 5.27. The van der Waals surface area contributed by atoms with Crippen LogP contribution in [-0.2, 0) is 0 Å². The van der Waals surface area contributed by atoms with Gasteiger partial charge in [0.05, 0.1) is 44.5 Å². The molecule has 0 unspecified atom stereocenters. The lowest BCUT2D eigenvalue weighted by Crippen LogP contribution is -2.04. The van der Waals surface area contributed by atoms with Gasteiger partial charge in [-0.25, -0.2) is 9.97 Å². The maximum absolute atomic E-state index is 5.48. The molecule has 10 aromatic carbocycles. The van der Waals surface area contributed by atoms with Gasteiger partial charge in [0.2, 0.25) is 5.95 Å². The van der Waals surface area contributed by atoms with Gasteiger partial charge in [-0.3, -0.25) is 4.57 Å². The summed E-state index contributed by atoms with van der Waals surface area (Å²) in [6.45, 7) is 0. The van der Waals surface area contributed by atoms with Crippen molar-refractivity contribution in [2.75, 3.05) is 0 Å². The predicted octanol–water partition coefficient (Wildman–Crippen LogP) is 15.4. The normalized spacial score (nSPS) is 12.0. The minimum atomic E-state index is 0.631. The summed E-state index contributed by atoms with van der Waals surface area (Å²) >= 11 is 0. The molecule has 0 aliphatic heterocycles. The van der Waals surface area contributed by atoms with Gasteiger partial charge < -0.3 is 9.13 Å². The molecule has 0 N–H and O–H groups in total. The highest BCUT2D eigenvalue weighted by Gasteiger charge is 2.23. The first kappa shape index (κ1) is 35.8. The number of fused-ring (bicyclic) bond motifs is 12. The second-order valence-electron chi connectivity index (χ2n) is 16.9. The van der Waals surface area contributed by atoms with Crippen molar-refractivity contribution in [3.05, 3.63) is 224 Å². The van der Waals surface area contributed by atoms with Gasteiger partial charge in [0, 0.05) is 54.8 Å². The Balaban J connectivity index is 1.03. The van der Waals surface area contributed by atoms with E-state index in [1.54, 1.807) is 0 Å². The zero-order chi connectivity index (χ0) is 42.6. The van der Waals surface area contributed by atoms with Gasteiger partial charge in [-0.05, 0) is 88.3 Å². The summed E-state index contributed by atoms with van der Waals surface area (Å²) in [5.74, 6) is 0.631. The molecule has 0 amide bonds. The van der Waals surface area contributed by atoms with Crippen molar-refractivity contribution in [3.63, 3.8) is 0 Å². The largest absolute Gasteiger partial charge is 0.309 e. The van der Waals surface area contributed by atoms with Gasteiger partial charge >= 0.3 is 0 Å². The lowest BCUT2D eigenvalue weighted by Gasteiger charge is -2.14. The van der Waals surface area contributed by atoms with Gasteiger partial charge in [-0.1, -0.05) is 158 Å². The highest BCUT2D eigenvalue weighted by Crippen LogP contribution is 2.43. The van der Waals surface area contributed by atoms with Crippen LogP contribution in [0.2, 0.25) is 0 Å². The van der Waals surface area contributed by atoms with Crippen molar-refractivity contribution in [3.8, 4) is 39.8 Å². The zero-order valence-electron chi connectivity index (χ0n) is 35.1. The molecule has 0 saturated heterocycles. The molecule has 4 aromatic heterocycles. The standard InChI is InChI=1S/C60H37N5/c1-2-20-40(21-3-1)63-53-30-12-9-25-47(53)58-56(63)34-35-57-59(58)48-26-10-13-31-54(48)64(57)41-32-33-55-49(36-41)46-24-8-11-29-52(46)65(55)60-61-50(44-27-14-18-38-16-4-6-22-42(38)44)37-51(62-60)45-28-15-19-39-17-5-7-23-43(39)45/h1-37H. The summed E-state index contributed by atoms with van der Waals surface area (Å²) in [6, 6.07) is 80.7. The molecule has 14 rings (SSSR count). The summed E-state index contributed by atoms with van der Waals surface area (Å²) in [7, 11) is 0. The first-order valence-electron chi connectivity index (χ1n) is 22.2. The third-order valence-corrected chi connectivity index (χ3v) is 13.4. The van der Waals surface area contributed by atoms with Crippen molar-refractivity contribution in [2.24, 2.45) is 0 Å². The van der Waals surface area contributed by atoms with E-state index in [9.17, 15) is 0 Å². The van der Waals surface area contributed by atoms with E-state index in [0.717, 1.165) is 66.5 Å². The Morgan fingerprint density at radius 3 is 1.28 bits per heavy atom. The van der Waals surface area contributed by atoms with E-state index in [1.165, 1.54) is 54.4 Å². The summed E-state index contributed by atoms with van der Waals surface area (Å²) in [5.41, 5.74) is 13.0. The van der Waals surface area contributed by atoms with E-state index in [1.807, 2.05) is 0 Å². The second-order valence-corrected chi connectivity index (χ2v) is 16.9. The Labute approximate surface area is 373 Å². The molecular weight excluding hydrogens is 791 g/mol. The Morgan fingerprint density at radius 1 is 0.262 bits per heavy atom. The Morgan fingerprint density at radius 2 is 0.692 bits per heavy atom. The van der Waals surface area contributed by atoms with Gasteiger partial charge in [-0.2, -0.15) is 0 Å². The number of benzene rings is 10. The lowest BCUT2D eigenvalue weighted by molar-refractivity contribution is 0.996. The highest BCUT2D eigenvalue weighted by molar-refractivity contribution is 6.29. The summed E-state index contributed by atoms with van der Waals surface area (Å²) in [4.78, 5) is 11.0. The molecule has 0 saturated carbocycles. The molecule has 0 spiro atoms. The Hall–Kier alpha value is -8.80. The fourth-order valence-electron chi connectivity index (χ4n) is 10.7. The van der Waals surface area contributed by atoms with E-state index in [2.05, 4.69) is 238 Å². The van der Waals surface area contributed by atoms with Crippen LogP contribution in [0, 0.1) is 0 Å². The average molecular weight is 828 g/mol. The molecule has 0 fully saturated rings. The number of hydrogen-bond acceptors (Lipinski definition) is 2. The Bertz CT molecular complexity index is 4140. The fraction of sp³-hybridized carbons (Fsp3) is 0. The van der Waals surface area contributed by atoms with Crippen LogP contribution in [-0.4, -0.2) is 23.7 Å². The SMILES string of the molecule is c1ccc(-n2c3ccccc3c3c4c5ccccc5n(-c5ccc6c(c5)c5ccccc5n6-c5nc(-c6cccc7ccccc67)cc(-c6cccc7ccccc67)n5)c4ccc32)cc1. The van der Waals surface area contributed by atoms with Crippen molar-refractivity contribution in [1.29, 1.82) is 0 Å². The van der Waals surface area contributed by atoms with E-state index >= 15 is 0 Å². The molecule has 65 heavy (non-hydrogen) atoms. The van der Waals surface area contributed by atoms with Gasteiger partial charge in [-0.15, -0.1) is 0 Å². The smallest absolute Gasteiger partial charge is 0.235 e. The summed E-state index contributed by atoms with van der Waals surface area (Å²) < 4.78 is 7.10. The van der Waals surface area contributed by atoms with Crippen molar-refractivity contribution >= 4 is 87.0 Å². The predicted molar refractivity (Wildman–Crippen MR) is 271 cm³/mol. The molecule has 0 atom stereocenters. The molecule has 4 heterocycles. The van der Waals surface area contributed by atoms with Crippen LogP contribution in [0.4, 0.5) is 0 Å². The average Bonchev–Trinajstić information content (AvgIpc) is 4.01. The van der Waals surface area contributed by atoms with E-state index < -0.39 is 0 Å². The molecule has 0 radical (unpaired) electrons. The quantitative estimate of drug-likeness (QED) is 0.173. The van der Waals surface area contributed by atoms with Crippen LogP contribution < -0.4 is 0 Å². The van der Waals surface area contributed by atoms with Crippen molar-refractivity contribution in [1.82, 2.24) is 23.7 Å². The summed E-state index contributed by atoms with van der Waals surface area (Å²) in [5, 5.41) is 11.9. The first-order valence-corrected chi connectivity index (χ1v) is 22.2. The molecule has 0 bridgehead atoms. The molecule has 0 aliphatic carbocycles. The first-order chi connectivity index (χ1) is 32.3. The summed E-state index contributed by atoms with van der Waals surface area (Å²) in [6.07, 6.45) is 0. The molecule has 302 valence electrons. The lowest BCUT2D eigenvalue weighted by atomic mass is 9.99. The minimum Gasteiger partial charge on any atom is -0.309 e. The van der Waals surface area contributed by atoms with Crippen LogP contribution in [0.25, 0.3) is 127 Å². The van der Waals surface area contributed by atoms with Crippen LogP contribution in [0.3, 0.4) is 0 Å². The monoisotopic (exact) mass is 827 g/mol. The maximum Gasteiger partial charge on any atom is 0.235 e. The molecule has 5 nitrogen and oxygen atoms in total. The van der Waals surface area contributed by atoms with Gasteiger partial charge in [0.1, 0.15) is 0 Å². The van der Waals surface area contributed by atoms with E-state index in [4.69, 9.17) is 9.97 Å². The third-order valence-electron chi connectivity index (χ3n) is 13.4. The zero-order valence-corrected chi connectivity index (χ0v) is 35.1. The molecular formula is C60H37N5. The molecule has 14 aromatic rings. The van der Waals surface area contributed by atoms with Crippen LogP contribution >= 0.6 is 0 Å². The number of aromatic nitrogens is 5. The van der Waals surface area contributed by atoms with Crippen LogP contribution in [0.1, 0.15) is 0 Å². The maximum atomic E-state index is 5.48. The van der Waals surface area contributed by atoms with E-state index in [0.29, 0.717) is 5.95 Å². The van der Waals surface area contributed by atoms with Crippen LogP contribution in [0.5, 0.6) is 0 Å². The highest BCUT2D eigenvalue weighted by atomic mass is 15.2. The number of hydrogen-bond donors (Lipinski definition) is 0. The molecule has 0 aliphatic rings. The molecule has 5 heteroatoms. The van der Waals surface area contributed by atoms with Crippen molar-refractivity contribution < 1.29 is 0 Å².